The fraction of sp³-hybridized carbons (Fsp3) is 0.500. The molecule has 4 amide bonds. The summed E-state index contributed by atoms with van der Waals surface area (Å²) >= 11 is 0. The number of urea groups is 1. The number of benzene rings is 1. The van der Waals surface area contributed by atoms with Gasteiger partial charge in [0.1, 0.15) is 12.3 Å². The van der Waals surface area contributed by atoms with Crippen molar-refractivity contribution in [1.29, 1.82) is 0 Å². The lowest BCUT2D eigenvalue weighted by molar-refractivity contribution is -0.151. The van der Waals surface area contributed by atoms with Gasteiger partial charge in [0, 0.05) is 18.0 Å². The predicted molar refractivity (Wildman–Crippen MR) is 102 cm³/mol. The van der Waals surface area contributed by atoms with Crippen molar-refractivity contribution < 1.29 is 28.7 Å². The van der Waals surface area contributed by atoms with Crippen LogP contribution in [0.15, 0.2) is 24.3 Å². The molecule has 1 aromatic rings. The molecule has 0 aliphatic carbocycles. The molecule has 2 heterocycles. The van der Waals surface area contributed by atoms with Gasteiger partial charge in [0.2, 0.25) is 0 Å². The van der Waals surface area contributed by atoms with Gasteiger partial charge in [0.15, 0.2) is 12.1 Å². The molecule has 1 spiro atoms. The molecule has 1 aromatic carbocycles. The quantitative estimate of drug-likeness (QED) is 0.520. The fourth-order valence-electron chi connectivity index (χ4n) is 3.66. The molecular weight excluding hydrogens is 378 g/mol. The second-order valence-electron chi connectivity index (χ2n) is 7.24. The Hall–Kier alpha value is -3.10. The van der Waals surface area contributed by atoms with Gasteiger partial charge in [-0.2, -0.15) is 0 Å². The zero-order chi connectivity index (χ0) is 21.0. The number of hydrogen-bond donors (Lipinski definition) is 2. The summed E-state index contributed by atoms with van der Waals surface area (Å²) in [4.78, 5) is 50.2. The maximum absolute atomic E-state index is 13.0. The number of fused-ring (bicyclic) bond motifs is 2. The number of nitrogens with zero attached hydrogens (tertiary/aromatic N) is 1. The highest BCUT2D eigenvalue weighted by atomic mass is 16.5. The van der Waals surface area contributed by atoms with E-state index in [-0.39, 0.29) is 19.1 Å². The van der Waals surface area contributed by atoms with E-state index in [1.54, 1.807) is 24.3 Å². The van der Waals surface area contributed by atoms with Crippen LogP contribution in [-0.2, 0) is 24.7 Å². The van der Waals surface area contributed by atoms with Crippen LogP contribution in [0, 0.1) is 0 Å². The van der Waals surface area contributed by atoms with Crippen LogP contribution in [0.25, 0.3) is 0 Å². The standard InChI is InChI=1S/C20H25N3O6/c1-3-6-13(2)21-16(24)12-29-17(25)11-23-18(26)20(22-19(23)27)9-10-28-15-8-5-4-7-14(15)20/h4-5,7-8,13H,3,6,9-12H2,1-2H3,(H,21,24)(H,22,27)/t13-,20+/m0/s1. The molecule has 2 aliphatic rings. The molecular formula is C20H25N3O6. The normalized spacial score (nSPS) is 21.2. The summed E-state index contributed by atoms with van der Waals surface area (Å²) in [5, 5.41) is 5.42. The van der Waals surface area contributed by atoms with Crippen molar-refractivity contribution in [2.45, 2.75) is 44.7 Å². The largest absolute Gasteiger partial charge is 0.493 e. The highest BCUT2D eigenvalue weighted by molar-refractivity contribution is 6.09. The van der Waals surface area contributed by atoms with Crippen molar-refractivity contribution in [1.82, 2.24) is 15.5 Å². The molecule has 2 N–H and O–H groups in total. The smallest absolute Gasteiger partial charge is 0.326 e. The lowest BCUT2D eigenvalue weighted by Gasteiger charge is -2.33. The molecule has 2 atom stereocenters. The molecule has 2 aliphatic heterocycles. The van der Waals surface area contributed by atoms with E-state index in [4.69, 9.17) is 9.47 Å². The van der Waals surface area contributed by atoms with Gasteiger partial charge in [-0.25, -0.2) is 4.79 Å². The van der Waals surface area contributed by atoms with Crippen LogP contribution in [0.5, 0.6) is 5.75 Å². The first-order valence-corrected chi connectivity index (χ1v) is 9.68. The number of imide groups is 1. The molecule has 0 radical (unpaired) electrons. The number of amides is 4. The van der Waals surface area contributed by atoms with Gasteiger partial charge >= 0.3 is 12.0 Å². The van der Waals surface area contributed by atoms with E-state index >= 15 is 0 Å². The molecule has 0 unspecified atom stereocenters. The lowest BCUT2D eigenvalue weighted by atomic mass is 9.84. The topological polar surface area (TPSA) is 114 Å². The molecule has 29 heavy (non-hydrogen) atoms. The molecule has 9 nitrogen and oxygen atoms in total. The third-order valence-corrected chi connectivity index (χ3v) is 5.04. The van der Waals surface area contributed by atoms with Crippen molar-refractivity contribution in [3.63, 3.8) is 0 Å². The molecule has 0 bridgehead atoms. The van der Waals surface area contributed by atoms with E-state index in [2.05, 4.69) is 10.6 Å². The first kappa shape index (κ1) is 20.6. The molecule has 156 valence electrons. The summed E-state index contributed by atoms with van der Waals surface area (Å²) in [6.45, 7) is 3.11. The SMILES string of the molecule is CCC[C@H](C)NC(=O)COC(=O)CN1C(=O)N[C@@]2(CCOc3ccccc32)C1=O. The Bertz CT molecular complexity index is 826. The third kappa shape index (κ3) is 4.18. The van der Waals surface area contributed by atoms with Gasteiger partial charge < -0.3 is 20.1 Å². The van der Waals surface area contributed by atoms with Crippen LogP contribution in [0.3, 0.4) is 0 Å². The van der Waals surface area contributed by atoms with E-state index in [0.29, 0.717) is 11.3 Å². The van der Waals surface area contributed by atoms with Crippen LogP contribution in [0.4, 0.5) is 4.79 Å². The Kier molecular flexibility index (Phi) is 6.05. The maximum Gasteiger partial charge on any atom is 0.326 e. The molecule has 3 rings (SSSR count). The van der Waals surface area contributed by atoms with Crippen LogP contribution in [-0.4, -0.2) is 54.5 Å². The minimum atomic E-state index is -1.25. The van der Waals surface area contributed by atoms with Gasteiger partial charge in [-0.3, -0.25) is 19.3 Å². The first-order chi connectivity index (χ1) is 13.9. The van der Waals surface area contributed by atoms with Gasteiger partial charge in [-0.05, 0) is 19.4 Å². The van der Waals surface area contributed by atoms with E-state index in [1.165, 1.54) is 0 Å². The summed E-state index contributed by atoms with van der Waals surface area (Å²) in [6, 6.07) is 6.28. The van der Waals surface area contributed by atoms with Crippen LogP contribution in [0.2, 0.25) is 0 Å². The average Bonchev–Trinajstić information content (AvgIpc) is 2.92. The Balaban J connectivity index is 1.61. The average molecular weight is 403 g/mol. The number of carbonyl (C=O) groups is 4. The number of rotatable bonds is 7. The monoisotopic (exact) mass is 403 g/mol. The zero-order valence-corrected chi connectivity index (χ0v) is 16.5. The Labute approximate surface area is 168 Å². The summed E-state index contributed by atoms with van der Waals surface area (Å²) in [5.41, 5.74) is -0.691. The summed E-state index contributed by atoms with van der Waals surface area (Å²) in [7, 11) is 0. The summed E-state index contributed by atoms with van der Waals surface area (Å²) in [5.74, 6) is -1.26. The zero-order valence-electron chi connectivity index (χ0n) is 16.5. The van der Waals surface area contributed by atoms with Gasteiger partial charge in [-0.1, -0.05) is 31.5 Å². The van der Waals surface area contributed by atoms with Crippen LogP contribution < -0.4 is 15.4 Å². The van der Waals surface area contributed by atoms with Crippen molar-refractivity contribution in [3.8, 4) is 5.75 Å². The lowest BCUT2D eigenvalue weighted by Crippen LogP contribution is -2.47. The van der Waals surface area contributed by atoms with Crippen LogP contribution in [0.1, 0.15) is 38.7 Å². The summed E-state index contributed by atoms with van der Waals surface area (Å²) in [6.07, 6.45) is 2.00. The van der Waals surface area contributed by atoms with Gasteiger partial charge in [0.05, 0.1) is 6.61 Å². The van der Waals surface area contributed by atoms with Crippen LogP contribution >= 0.6 is 0 Å². The van der Waals surface area contributed by atoms with E-state index in [9.17, 15) is 19.2 Å². The van der Waals surface area contributed by atoms with Crippen molar-refractivity contribution in [2.24, 2.45) is 0 Å². The number of carbonyl (C=O) groups excluding carboxylic acids is 4. The number of hydrogen-bond acceptors (Lipinski definition) is 6. The van der Waals surface area contributed by atoms with Crippen molar-refractivity contribution >= 4 is 23.8 Å². The molecule has 9 heteroatoms. The van der Waals surface area contributed by atoms with Gasteiger partial charge in [-0.15, -0.1) is 0 Å². The molecule has 1 fully saturated rings. The number of esters is 1. The Morgan fingerprint density at radius 1 is 1.34 bits per heavy atom. The molecule has 1 saturated heterocycles. The number of ether oxygens (including phenoxy) is 2. The first-order valence-electron chi connectivity index (χ1n) is 9.68. The van der Waals surface area contributed by atoms with E-state index in [1.807, 2.05) is 13.8 Å². The molecule has 0 saturated carbocycles. The Morgan fingerprint density at radius 3 is 2.86 bits per heavy atom. The maximum atomic E-state index is 13.0. The third-order valence-electron chi connectivity index (χ3n) is 5.04. The molecule has 0 aromatic heterocycles. The van der Waals surface area contributed by atoms with E-state index < -0.39 is 42.5 Å². The second-order valence-corrected chi connectivity index (χ2v) is 7.24. The highest BCUT2D eigenvalue weighted by Crippen LogP contribution is 2.40. The minimum Gasteiger partial charge on any atom is -0.493 e. The highest BCUT2D eigenvalue weighted by Gasteiger charge is 2.55. The number of nitrogens with one attached hydrogen (secondary N) is 2. The minimum absolute atomic E-state index is 0.0226. The summed E-state index contributed by atoms with van der Waals surface area (Å²) < 4.78 is 10.5. The Morgan fingerprint density at radius 2 is 2.10 bits per heavy atom. The second kappa shape index (κ2) is 8.50. The number of para-hydroxylation sites is 1. The predicted octanol–water partition coefficient (Wildman–Crippen LogP) is 1.06. The fourth-order valence-corrected chi connectivity index (χ4v) is 3.66. The van der Waals surface area contributed by atoms with Crippen molar-refractivity contribution in [3.05, 3.63) is 29.8 Å². The van der Waals surface area contributed by atoms with E-state index in [0.717, 1.165) is 17.7 Å². The van der Waals surface area contributed by atoms with Crippen molar-refractivity contribution in [2.75, 3.05) is 19.8 Å². The van der Waals surface area contributed by atoms with Gasteiger partial charge in [0.25, 0.3) is 11.8 Å².